The molecular formula is C24H27N3O5. The molecule has 32 heavy (non-hydrogen) atoms. The summed E-state index contributed by atoms with van der Waals surface area (Å²) in [5.41, 5.74) is 2.15. The van der Waals surface area contributed by atoms with Gasteiger partial charge >= 0.3 is 0 Å². The first-order chi connectivity index (χ1) is 15.6. The summed E-state index contributed by atoms with van der Waals surface area (Å²) in [5, 5.41) is 9.65. The molecule has 1 saturated heterocycles. The normalized spacial score (nSPS) is 19.3. The lowest BCUT2D eigenvalue weighted by atomic mass is 10.1. The van der Waals surface area contributed by atoms with Crippen LogP contribution in [0.5, 0.6) is 11.5 Å². The van der Waals surface area contributed by atoms with E-state index in [1.807, 2.05) is 31.2 Å². The maximum Gasteiger partial charge on any atom is 0.269 e. The van der Waals surface area contributed by atoms with Crippen LogP contribution in [0.3, 0.4) is 0 Å². The summed E-state index contributed by atoms with van der Waals surface area (Å²) in [6.07, 6.45) is 8.05. The molecule has 1 unspecified atom stereocenters. The number of rotatable bonds is 7. The van der Waals surface area contributed by atoms with E-state index in [1.54, 1.807) is 24.5 Å². The van der Waals surface area contributed by atoms with E-state index in [4.69, 9.17) is 18.9 Å². The fourth-order valence-corrected chi connectivity index (χ4v) is 3.49. The van der Waals surface area contributed by atoms with Crippen LogP contribution in [-0.2, 0) is 14.3 Å². The van der Waals surface area contributed by atoms with Gasteiger partial charge in [-0.05, 0) is 30.7 Å². The Morgan fingerprint density at radius 2 is 2.06 bits per heavy atom. The van der Waals surface area contributed by atoms with Gasteiger partial charge in [0, 0.05) is 24.6 Å². The van der Waals surface area contributed by atoms with Crippen molar-refractivity contribution in [3.05, 3.63) is 72.4 Å². The number of aromatic nitrogens is 2. The largest absolute Gasteiger partial charge is 0.488 e. The van der Waals surface area contributed by atoms with Gasteiger partial charge in [-0.3, -0.25) is 9.89 Å². The quantitative estimate of drug-likeness (QED) is 0.510. The van der Waals surface area contributed by atoms with Gasteiger partial charge < -0.3 is 24.3 Å². The number of fused-ring (bicyclic) bond motifs is 1. The summed E-state index contributed by atoms with van der Waals surface area (Å²) in [7, 11) is 0. The number of benzene rings is 1. The molecule has 0 saturated carbocycles. The van der Waals surface area contributed by atoms with Gasteiger partial charge in [0.25, 0.3) is 5.91 Å². The molecule has 2 aromatic rings. The third-order valence-electron chi connectivity index (χ3n) is 5.26. The molecular weight excluding hydrogens is 410 g/mol. The summed E-state index contributed by atoms with van der Waals surface area (Å²) >= 11 is 0. The fraction of sp³-hybridized carbons (Fsp3) is 0.333. The van der Waals surface area contributed by atoms with Crippen molar-refractivity contribution in [2.24, 2.45) is 0 Å². The Kier molecular flexibility index (Phi) is 6.91. The maximum atomic E-state index is 12.9. The zero-order chi connectivity index (χ0) is 22.3. The van der Waals surface area contributed by atoms with Crippen LogP contribution in [0.15, 0.2) is 66.8 Å². The number of nitrogens with one attached hydrogen (secondary N) is 2. The van der Waals surface area contributed by atoms with Crippen LogP contribution in [0.4, 0.5) is 0 Å². The van der Waals surface area contributed by atoms with Crippen molar-refractivity contribution in [2.45, 2.75) is 32.0 Å². The minimum Gasteiger partial charge on any atom is -0.488 e. The molecule has 1 aromatic carbocycles. The third kappa shape index (κ3) is 5.20. The van der Waals surface area contributed by atoms with Crippen LogP contribution in [0, 0.1) is 0 Å². The molecule has 8 nitrogen and oxygen atoms in total. The maximum absolute atomic E-state index is 12.9. The molecule has 1 aromatic heterocycles. The first-order valence-electron chi connectivity index (χ1n) is 10.6. The molecule has 0 radical (unpaired) electrons. The Bertz CT molecular complexity index is 1010. The summed E-state index contributed by atoms with van der Waals surface area (Å²) in [6, 6.07) is 7.26. The van der Waals surface area contributed by atoms with Gasteiger partial charge in [0.2, 0.25) is 6.10 Å². The number of aromatic amines is 1. The highest BCUT2D eigenvalue weighted by atomic mass is 16.6. The van der Waals surface area contributed by atoms with Crippen molar-refractivity contribution in [3.8, 4) is 11.5 Å². The van der Waals surface area contributed by atoms with E-state index in [-0.39, 0.29) is 18.6 Å². The van der Waals surface area contributed by atoms with Crippen LogP contribution in [0.2, 0.25) is 0 Å². The van der Waals surface area contributed by atoms with Crippen molar-refractivity contribution in [3.63, 3.8) is 0 Å². The first-order valence-corrected chi connectivity index (χ1v) is 10.6. The highest BCUT2D eigenvalue weighted by Gasteiger charge is 2.28. The van der Waals surface area contributed by atoms with Gasteiger partial charge in [-0.1, -0.05) is 24.8 Å². The van der Waals surface area contributed by atoms with Gasteiger partial charge in [0.15, 0.2) is 11.5 Å². The second-order valence-electron chi connectivity index (χ2n) is 7.50. The number of allylic oxidation sites excluding steroid dienone is 3. The smallest absolute Gasteiger partial charge is 0.269 e. The molecule has 0 aliphatic carbocycles. The number of amides is 1. The van der Waals surface area contributed by atoms with Gasteiger partial charge in [-0.15, -0.1) is 0 Å². The van der Waals surface area contributed by atoms with Crippen molar-refractivity contribution in [1.29, 1.82) is 0 Å². The van der Waals surface area contributed by atoms with Gasteiger partial charge in [-0.25, -0.2) is 0 Å². The van der Waals surface area contributed by atoms with E-state index in [0.717, 1.165) is 24.0 Å². The highest BCUT2D eigenvalue weighted by Crippen LogP contribution is 2.31. The van der Waals surface area contributed by atoms with Crippen molar-refractivity contribution in [1.82, 2.24) is 15.5 Å². The number of carbonyl (C=O) groups is 1. The number of H-pyrrole nitrogens is 1. The summed E-state index contributed by atoms with van der Waals surface area (Å²) in [4.78, 5) is 12.9. The van der Waals surface area contributed by atoms with Gasteiger partial charge in [-0.2, -0.15) is 5.10 Å². The van der Waals surface area contributed by atoms with E-state index in [1.165, 1.54) is 0 Å². The van der Waals surface area contributed by atoms with E-state index in [9.17, 15) is 4.79 Å². The molecule has 1 atom stereocenters. The van der Waals surface area contributed by atoms with Crippen LogP contribution in [-0.4, -0.2) is 48.1 Å². The predicted molar refractivity (Wildman–Crippen MR) is 119 cm³/mol. The summed E-state index contributed by atoms with van der Waals surface area (Å²) < 4.78 is 23.1. The van der Waals surface area contributed by atoms with Crippen molar-refractivity contribution in [2.75, 3.05) is 19.8 Å². The average Bonchev–Trinajstić information content (AvgIpc) is 3.36. The molecule has 168 valence electrons. The number of ether oxygens (including phenoxy) is 4. The second-order valence-corrected chi connectivity index (χ2v) is 7.50. The van der Waals surface area contributed by atoms with Crippen molar-refractivity contribution < 1.29 is 23.7 Å². The Morgan fingerprint density at radius 1 is 1.28 bits per heavy atom. The molecule has 0 bridgehead atoms. The van der Waals surface area contributed by atoms with Gasteiger partial charge in [0.05, 0.1) is 25.1 Å². The molecule has 8 heteroatoms. The van der Waals surface area contributed by atoms with Crippen molar-refractivity contribution >= 4 is 11.5 Å². The first kappa shape index (κ1) is 21.7. The standard InChI is InChI=1S/C24H27N3O5/c1-3-17(18-13-25-26-14-18)12-22(31-19-8-10-29-11-9-19)16(2)27-24(28)23-15-30-20-6-4-5-7-21(20)32-23/h3-7,12-14,19,23H,2,8-11,15H2,1H3,(H,25,26)(H,27,28)/b17-3+,22-12+. The molecule has 2 N–H and O–H groups in total. The second kappa shape index (κ2) is 10.2. The lowest BCUT2D eigenvalue weighted by molar-refractivity contribution is -0.129. The topological polar surface area (TPSA) is 94.7 Å². The Morgan fingerprint density at radius 3 is 2.78 bits per heavy atom. The zero-order valence-electron chi connectivity index (χ0n) is 18.0. The third-order valence-corrected chi connectivity index (χ3v) is 5.26. The Labute approximate surface area is 186 Å². The molecule has 1 fully saturated rings. The van der Waals surface area contributed by atoms with Crippen LogP contribution < -0.4 is 14.8 Å². The molecule has 4 rings (SSSR count). The van der Waals surface area contributed by atoms with Crippen LogP contribution in [0.25, 0.3) is 5.57 Å². The highest BCUT2D eigenvalue weighted by molar-refractivity contribution is 5.84. The molecule has 3 heterocycles. The summed E-state index contributed by atoms with van der Waals surface area (Å²) in [6.45, 7) is 7.39. The number of hydrogen-bond donors (Lipinski definition) is 2. The van der Waals surface area contributed by atoms with E-state index in [2.05, 4.69) is 22.1 Å². The predicted octanol–water partition coefficient (Wildman–Crippen LogP) is 3.36. The minimum atomic E-state index is -0.791. The number of carbonyl (C=O) groups excluding carboxylic acids is 1. The Balaban J connectivity index is 1.49. The average molecular weight is 437 g/mol. The SMILES string of the molecule is C=C(NC(=O)C1COc2ccccc2O1)/C(=C\C(=C/C)c1cn[nH]c1)OC1CCOCC1. The minimum absolute atomic E-state index is 0.0211. The van der Waals surface area contributed by atoms with E-state index < -0.39 is 6.10 Å². The molecule has 1 amide bonds. The summed E-state index contributed by atoms with van der Waals surface area (Å²) in [5.74, 6) is 1.29. The van der Waals surface area contributed by atoms with E-state index in [0.29, 0.717) is 36.2 Å². The lowest BCUT2D eigenvalue weighted by Gasteiger charge is -2.28. The van der Waals surface area contributed by atoms with E-state index >= 15 is 0 Å². The van der Waals surface area contributed by atoms with Crippen LogP contribution in [0.1, 0.15) is 25.3 Å². The monoisotopic (exact) mass is 437 g/mol. The van der Waals surface area contributed by atoms with Crippen LogP contribution >= 0.6 is 0 Å². The molecule has 2 aliphatic heterocycles. The zero-order valence-corrected chi connectivity index (χ0v) is 18.0. The van der Waals surface area contributed by atoms with Gasteiger partial charge in [0.1, 0.15) is 18.5 Å². The number of hydrogen-bond acceptors (Lipinski definition) is 6. The number of para-hydroxylation sites is 2. The number of nitrogens with zero attached hydrogens (tertiary/aromatic N) is 1. The molecule has 2 aliphatic rings. The lowest BCUT2D eigenvalue weighted by Crippen LogP contribution is -2.44. The Hall–Kier alpha value is -3.52. The molecule has 0 spiro atoms. The fourth-order valence-electron chi connectivity index (χ4n) is 3.49.